The summed E-state index contributed by atoms with van der Waals surface area (Å²) >= 11 is 1.87. The van der Waals surface area contributed by atoms with E-state index < -0.39 is 0 Å². The highest BCUT2D eigenvalue weighted by molar-refractivity contribution is 7.98. The second kappa shape index (κ2) is 7.54. The van der Waals surface area contributed by atoms with E-state index in [4.69, 9.17) is 0 Å². The summed E-state index contributed by atoms with van der Waals surface area (Å²) in [5.74, 6) is 1.22. The van der Waals surface area contributed by atoms with Gasteiger partial charge >= 0.3 is 0 Å². The Kier molecular flexibility index (Phi) is 6.30. The van der Waals surface area contributed by atoms with E-state index in [1.807, 2.05) is 11.8 Å². The number of carbonyl (C=O) groups excluding carboxylic acids is 2. The van der Waals surface area contributed by atoms with Gasteiger partial charge < -0.3 is 10.2 Å². The summed E-state index contributed by atoms with van der Waals surface area (Å²) in [6.45, 7) is 1.14. The number of carbonyl (C=O) groups is 2. The summed E-state index contributed by atoms with van der Waals surface area (Å²) in [6.07, 6.45) is 6.73. The molecule has 1 N–H and O–H groups in total. The molecule has 0 saturated carbocycles. The minimum absolute atomic E-state index is 0.0398. The predicted molar refractivity (Wildman–Crippen MR) is 66.4 cm³/mol. The average molecular weight is 244 g/mol. The first-order chi connectivity index (χ1) is 7.74. The second-order valence-electron chi connectivity index (χ2n) is 4.00. The molecule has 0 aromatic rings. The van der Waals surface area contributed by atoms with Crippen molar-refractivity contribution in [3.8, 4) is 0 Å². The van der Waals surface area contributed by atoms with Crippen molar-refractivity contribution in [1.29, 1.82) is 0 Å². The van der Waals surface area contributed by atoms with Gasteiger partial charge in [-0.3, -0.25) is 9.59 Å². The van der Waals surface area contributed by atoms with Crippen LogP contribution in [0.15, 0.2) is 0 Å². The van der Waals surface area contributed by atoms with E-state index in [9.17, 15) is 9.59 Å². The molecule has 4 nitrogen and oxygen atoms in total. The van der Waals surface area contributed by atoms with Gasteiger partial charge in [0.15, 0.2) is 0 Å². The van der Waals surface area contributed by atoms with Crippen molar-refractivity contribution in [1.82, 2.24) is 10.2 Å². The number of hydrogen-bond acceptors (Lipinski definition) is 3. The van der Waals surface area contributed by atoms with Crippen LogP contribution in [0.3, 0.4) is 0 Å². The summed E-state index contributed by atoms with van der Waals surface area (Å²) in [5, 5.41) is 2.55. The smallest absolute Gasteiger partial charge is 0.242 e. The third-order valence-electron chi connectivity index (χ3n) is 2.65. The maximum atomic E-state index is 11.4. The first kappa shape index (κ1) is 13.4. The van der Waals surface area contributed by atoms with E-state index in [2.05, 4.69) is 11.6 Å². The number of rotatable bonds is 7. The highest BCUT2D eigenvalue weighted by Crippen LogP contribution is 2.06. The van der Waals surface area contributed by atoms with E-state index in [0.717, 1.165) is 19.4 Å². The Bertz CT molecular complexity index is 246. The largest absolute Gasteiger partial charge is 0.345 e. The Hall–Kier alpha value is -0.710. The lowest BCUT2D eigenvalue weighted by molar-refractivity contribution is -0.140. The van der Waals surface area contributed by atoms with Crippen molar-refractivity contribution in [3.05, 3.63) is 0 Å². The minimum atomic E-state index is -0.0398. The van der Waals surface area contributed by atoms with Crippen LogP contribution in [0.4, 0.5) is 0 Å². The third-order valence-corrected chi connectivity index (χ3v) is 3.35. The molecule has 2 amide bonds. The van der Waals surface area contributed by atoms with Gasteiger partial charge in [-0.05, 0) is 24.9 Å². The lowest BCUT2D eigenvalue weighted by Crippen LogP contribution is -2.51. The summed E-state index contributed by atoms with van der Waals surface area (Å²) in [5.41, 5.74) is 0. The van der Waals surface area contributed by atoms with Crippen LogP contribution in [0.2, 0.25) is 0 Å². The topological polar surface area (TPSA) is 49.4 Å². The molecule has 16 heavy (non-hydrogen) atoms. The van der Waals surface area contributed by atoms with E-state index in [0.29, 0.717) is 0 Å². The van der Waals surface area contributed by atoms with Crippen LogP contribution in [-0.2, 0) is 9.59 Å². The third kappa shape index (κ3) is 4.88. The molecule has 92 valence electrons. The van der Waals surface area contributed by atoms with Crippen LogP contribution in [0.5, 0.6) is 0 Å². The first-order valence-corrected chi connectivity index (χ1v) is 7.17. The quantitative estimate of drug-likeness (QED) is 0.676. The van der Waals surface area contributed by atoms with Gasteiger partial charge in [0.05, 0.1) is 13.1 Å². The summed E-state index contributed by atoms with van der Waals surface area (Å²) < 4.78 is 0. The van der Waals surface area contributed by atoms with Crippen LogP contribution in [0, 0.1) is 0 Å². The number of piperazine rings is 1. The molecule has 1 saturated heterocycles. The SMILES string of the molecule is CSCCCCCCN1CC(=O)NCC1=O. The number of unbranched alkanes of at least 4 members (excludes halogenated alkanes) is 3. The summed E-state index contributed by atoms with van der Waals surface area (Å²) in [4.78, 5) is 24.2. The molecule has 0 aliphatic carbocycles. The van der Waals surface area contributed by atoms with Crippen LogP contribution in [-0.4, -0.2) is 48.4 Å². The van der Waals surface area contributed by atoms with Gasteiger partial charge in [0, 0.05) is 6.54 Å². The Labute approximate surface area is 101 Å². The van der Waals surface area contributed by atoms with E-state index >= 15 is 0 Å². The molecular formula is C11H20N2O2S. The lowest BCUT2D eigenvalue weighted by atomic mass is 10.2. The molecular weight excluding hydrogens is 224 g/mol. The fourth-order valence-electron chi connectivity index (χ4n) is 1.71. The van der Waals surface area contributed by atoms with Crippen LogP contribution >= 0.6 is 11.8 Å². The molecule has 0 radical (unpaired) electrons. The fraction of sp³-hybridized carbons (Fsp3) is 0.818. The van der Waals surface area contributed by atoms with Gasteiger partial charge in [-0.25, -0.2) is 0 Å². The van der Waals surface area contributed by atoms with E-state index in [1.165, 1.54) is 18.6 Å². The van der Waals surface area contributed by atoms with Crippen molar-refractivity contribution in [2.24, 2.45) is 0 Å². The second-order valence-corrected chi connectivity index (χ2v) is 4.98. The van der Waals surface area contributed by atoms with Crippen molar-refractivity contribution in [2.75, 3.05) is 31.6 Å². The highest BCUT2D eigenvalue weighted by Gasteiger charge is 2.21. The molecule has 1 rings (SSSR count). The Morgan fingerprint density at radius 1 is 1.25 bits per heavy atom. The molecule has 0 aromatic carbocycles. The number of thioether (sulfide) groups is 1. The Morgan fingerprint density at radius 2 is 2.00 bits per heavy atom. The fourth-order valence-corrected chi connectivity index (χ4v) is 2.20. The Balaban J connectivity index is 2.07. The number of nitrogens with one attached hydrogen (secondary N) is 1. The maximum absolute atomic E-state index is 11.4. The monoisotopic (exact) mass is 244 g/mol. The van der Waals surface area contributed by atoms with E-state index in [-0.39, 0.29) is 24.9 Å². The molecule has 0 spiro atoms. The van der Waals surface area contributed by atoms with Gasteiger partial charge in [0.25, 0.3) is 0 Å². The molecule has 1 aliphatic rings. The van der Waals surface area contributed by atoms with Crippen molar-refractivity contribution in [3.63, 3.8) is 0 Å². The zero-order valence-corrected chi connectivity index (χ0v) is 10.6. The average Bonchev–Trinajstić information content (AvgIpc) is 2.28. The lowest BCUT2D eigenvalue weighted by Gasteiger charge is -2.26. The predicted octanol–water partition coefficient (Wildman–Crippen LogP) is 0.868. The van der Waals surface area contributed by atoms with Gasteiger partial charge in [0.1, 0.15) is 0 Å². The Morgan fingerprint density at radius 3 is 2.75 bits per heavy atom. The molecule has 1 aliphatic heterocycles. The van der Waals surface area contributed by atoms with Crippen LogP contribution in [0.25, 0.3) is 0 Å². The molecule has 5 heteroatoms. The van der Waals surface area contributed by atoms with Crippen molar-refractivity contribution in [2.45, 2.75) is 25.7 Å². The summed E-state index contributed by atoms with van der Waals surface area (Å²) in [7, 11) is 0. The first-order valence-electron chi connectivity index (χ1n) is 5.77. The molecule has 0 unspecified atom stereocenters. The molecule has 0 bridgehead atoms. The highest BCUT2D eigenvalue weighted by atomic mass is 32.2. The van der Waals surface area contributed by atoms with Gasteiger partial charge in [-0.15, -0.1) is 0 Å². The van der Waals surface area contributed by atoms with Crippen LogP contribution < -0.4 is 5.32 Å². The number of amides is 2. The van der Waals surface area contributed by atoms with Crippen molar-refractivity contribution >= 4 is 23.6 Å². The molecule has 1 fully saturated rings. The maximum Gasteiger partial charge on any atom is 0.242 e. The molecule has 0 aromatic heterocycles. The number of hydrogen-bond donors (Lipinski definition) is 1. The molecule has 1 heterocycles. The van der Waals surface area contributed by atoms with E-state index in [1.54, 1.807) is 4.90 Å². The normalized spacial score (nSPS) is 16.4. The van der Waals surface area contributed by atoms with Gasteiger partial charge in [-0.1, -0.05) is 12.8 Å². The summed E-state index contributed by atoms with van der Waals surface area (Å²) in [6, 6.07) is 0. The standard InChI is InChI=1S/C11H20N2O2S/c1-16-7-5-3-2-4-6-13-9-10(14)12-8-11(13)15/h2-9H2,1H3,(H,12,14). The minimum Gasteiger partial charge on any atom is -0.345 e. The van der Waals surface area contributed by atoms with Gasteiger partial charge in [0.2, 0.25) is 11.8 Å². The molecule has 0 atom stereocenters. The zero-order chi connectivity index (χ0) is 11.8. The van der Waals surface area contributed by atoms with Crippen molar-refractivity contribution < 1.29 is 9.59 Å². The van der Waals surface area contributed by atoms with Crippen LogP contribution in [0.1, 0.15) is 25.7 Å². The van der Waals surface area contributed by atoms with Gasteiger partial charge in [-0.2, -0.15) is 11.8 Å². The zero-order valence-electron chi connectivity index (χ0n) is 9.83. The number of nitrogens with zero attached hydrogens (tertiary/aromatic N) is 1.